The summed E-state index contributed by atoms with van der Waals surface area (Å²) in [5.41, 5.74) is -3.30. The molecular formula is C11H16F2NO15P3. The lowest BCUT2D eigenvalue weighted by atomic mass is 9.96. The number of amides is 1. The third-order valence-corrected chi connectivity index (χ3v) is 7.79. The van der Waals surface area contributed by atoms with E-state index in [0.29, 0.717) is 4.90 Å². The van der Waals surface area contributed by atoms with Gasteiger partial charge in [-0.3, -0.25) is 19.0 Å². The fraction of sp³-hybridized carbons (Fsp3) is 0.636. The van der Waals surface area contributed by atoms with Crippen LogP contribution in [0.15, 0.2) is 12.3 Å². The molecule has 0 aliphatic carbocycles. The number of aliphatic hydroxyl groups is 2. The average molecular weight is 533 g/mol. The van der Waals surface area contributed by atoms with E-state index in [1.54, 1.807) is 0 Å². The van der Waals surface area contributed by atoms with Crippen LogP contribution in [0.5, 0.6) is 0 Å². The maximum absolute atomic E-state index is 13.8. The fourth-order valence-electron chi connectivity index (χ4n) is 2.65. The number of phosphoric acid groups is 3. The number of ether oxygens (including phenoxy) is 1. The lowest BCUT2D eigenvalue weighted by Gasteiger charge is -2.32. The first-order valence-electron chi connectivity index (χ1n) is 8.02. The van der Waals surface area contributed by atoms with Gasteiger partial charge in [0.1, 0.15) is 12.2 Å². The van der Waals surface area contributed by atoms with Crippen LogP contribution in [0.4, 0.5) is 8.78 Å². The molecule has 184 valence electrons. The highest BCUT2D eigenvalue weighted by molar-refractivity contribution is 7.66. The highest BCUT2D eigenvalue weighted by Gasteiger charge is 2.62. The molecule has 0 aromatic carbocycles. The zero-order valence-corrected chi connectivity index (χ0v) is 18.0. The Morgan fingerprint density at radius 2 is 1.72 bits per heavy atom. The van der Waals surface area contributed by atoms with Gasteiger partial charge in [0.15, 0.2) is 17.6 Å². The molecule has 0 spiro atoms. The van der Waals surface area contributed by atoms with Crippen LogP contribution in [0.25, 0.3) is 0 Å². The smallest absolute Gasteiger partial charge is 0.387 e. The van der Waals surface area contributed by atoms with Crippen molar-refractivity contribution in [3.63, 3.8) is 0 Å². The van der Waals surface area contributed by atoms with E-state index >= 15 is 0 Å². The molecule has 1 amide bonds. The number of hydrogen-bond acceptors (Lipinski definition) is 11. The van der Waals surface area contributed by atoms with E-state index in [2.05, 4.69) is 13.1 Å². The molecule has 32 heavy (non-hydrogen) atoms. The Bertz CT molecular complexity index is 938. The predicted molar refractivity (Wildman–Crippen MR) is 91.0 cm³/mol. The van der Waals surface area contributed by atoms with Crippen molar-refractivity contribution in [2.24, 2.45) is 0 Å². The second kappa shape index (κ2) is 9.35. The molecule has 6 atom stereocenters. The Kier molecular flexibility index (Phi) is 7.97. The third-order valence-electron chi connectivity index (χ3n) is 4.00. The van der Waals surface area contributed by atoms with Gasteiger partial charge in [-0.1, -0.05) is 0 Å². The highest BCUT2D eigenvalue weighted by atomic mass is 31.3. The number of nitrogens with zero attached hydrogens (tertiary/aromatic N) is 1. The first-order chi connectivity index (χ1) is 14.4. The normalized spacial score (nSPS) is 32.9. The summed E-state index contributed by atoms with van der Waals surface area (Å²) in [7, 11) is -17.5. The van der Waals surface area contributed by atoms with Crippen LogP contribution in [-0.2, 0) is 41.2 Å². The maximum atomic E-state index is 13.8. The molecule has 0 aromatic heterocycles. The molecule has 2 heterocycles. The first kappa shape index (κ1) is 27.3. The number of carbonyl (C=O) groups excluding carboxylic acids is 2. The summed E-state index contributed by atoms with van der Waals surface area (Å²) in [4.78, 5) is 59.1. The Labute approximate surface area is 176 Å². The zero-order valence-electron chi connectivity index (χ0n) is 15.3. The van der Waals surface area contributed by atoms with Gasteiger partial charge in [0, 0.05) is 6.20 Å². The van der Waals surface area contributed by atoms with E-state index in [1.165, 1.54) is 0 Å². The van der Waals surface area contributed by atoms with Gasteiger partial charge in [-0.25, -0.2) is 22.5 Å². The monoisotopic (exact) mass is 533 g/mol. The number of ketones is 1. The molecule has 21 heteroatoms. The minimum absolute atomic E-state index is 0.518. The Morgan fingerprint density at radius 1 is 1.12 bits per heavy atom. The van der Waals surface area contributed by atoms with E-state index in [-0.39, 0.29) is 0 Å². The molecule has 2 unspecified atom stereocenters. The summed E-state index contributed by atoms with van der Waals surface area (Å²) in [6.45, 7) is -1.80. The number of aliphatic hydroxyl groups excluding tert-OH is 2. The molecule has 0 bridgehead atoms. The van der Waals surface area contributed by atoms with Gasteiger partial charge in [-0.2, -0.15) is 8.62 Å². The van der Waals surface area contributed by atoms with Crippen molar-refractivity contribution in [3.8, 4) is 0 Å². The van der Waals surface area contributed by atoms with Crippen molar-refractivity contribution in [2.75, 3.05) is 6.61 Å². The van der Waals surface area contributed by atoms with E-state index in [4.69, 9.17) is 19.4 Å². The van der Waals surface area contributed by atoms with Crippen molar-refractivity contribution in [2.45, 2.75) is 36.9 Å². The first-order valence-corrected chi connectivity index (χ1v) is 12.5. The van der Waals surface area contributed by atoms with Crippen molar-refractivity contribution in [3.05, 3.63) is 12.3 Å². The zero-order chi connectivity index (χ0) is 24.7. The van der Waals surface area contributed by atoms with Crippen LogP contribution in [0.2, 0.25) is 0 Å². The van der Waals surface area contributed by atoms with Crippen LogP contribution in [0.3, 0.4) is 0 Å². The van der Waals surface area contributed by atoms with Gasteiger partial charge in [-0.15, -0.1) is 0 Å². The molecule has 6 N–H and O–H groups in total. The van der Waals surface area contributed by atoms with Gasteiger partial charge in [-0.05, 0) is 6.08 Å². The number of halogens is 2. The van der Waals surface area contributed by atoms with Gasteiger partial charge >= 0.3 is 23.5 Å². The molecule has 1 fully saturated rings. The van der Waals surface area contributed by atoms with Gasteiger partial charge in [0.25, 0.3) is 6.43 Å². The molecule has 2 aliphatic heterocycles. The second-order valence-corrected chi connectivity index (χ2v) is 10.7. The molecule has 0 aromatic rings. The summed E-state index contributed by atoms with van der Waals surface area (Å²) in [5.74, 6) is -1.64. The number of allylic oxidation sites excluding steroid dienone is 1. The number of hydrogen-bond donors (Lipinski definition) is 6. The number of alkyl halides is 2. The van der Waals surface area contributed by atoms with Crippen LogP contribution >= 0.6 is 23.5 Å². The van der Waals surface area contributed by atoms with Crippen molar-refractivity contribution < 1.29 is 79.7 Å². The quantitative estimate of drug-likeness (QED) is 0.149. The molecular weight excluding hydrogens is 517 g/mol. The largest absolute Gasteiger partial charge is 0.490 e. The van der Waals surface area contributed by atoms with Crippen LogP contribution in [0.1, 0.15) is 6.42 Å². The minimum Gasteiger partial charge on any atom is -0.387 e. The van der Waals surface area contributed by atoms with Crippen molar-refractivity contribution in [1.82, 2.24) is 4.90 Å². The summed E-state index contributed by atoms with van der Waals surface area (Å²) in [5, 5.41) is 20.2. The summed E-state index contributed by atoms with van der Waals surface area (Å²) >= 11 is 0. The number of rotatable bonds is 9. The predicted octanol–water partition coefficient (Wildman–Crippen LogP) is -1.27. The van der Waals surface area contributed by atoms with Gasteiger partial charge < -0.3 is 34.5 Å². The Balaban J connectivity index is 2.22. The number of phosphoric ester groups is 1. The van der Waals surface area contributed by atoms with E-state index in [0.717, 1.165) is 12.3 Å². The topological polar surface area (TPSA) is 247 Å². The second-order valence-electron chi connectivity index (χ2n) is 6.32. The van der Waals surface area contributed by atoms with Crippen LogP contribution < -0.4 is 0 Å². The highest BCUT2D eigenvalue weighted by Crippen LogP contribution is 2.66. The molecule has 16 nitrogen and oxygen atoms in total. The minimum atomic E-state index is -5.95. The van der Waals surface area contributed by atoms with Crippen LogP contribution in [0, 0.1) is 0 Å². The van der Waals surface area contributed by atoms with E-state index in [9.17, 15) is 47.2 Å². The maximum Gasteiger partial charge on any atom is 0.490 e. The third kappa shape index (κ3) is 6.33. The van der Waals surface area contributed by atoms with Gasteiger partial charge in [0.2, 0.25) is 5.91 Å². The molecule has 2 rings (SSSR count). The SMILES string of the molecule is O=C1C=CN([C@@H]2O[C@@](COP(=O)(O)OP(=O)(O)OP(=O)(O)O)(C(F)F)[C@@H](O)[C@H]2O)C(=O)C1. The standard InChI is InChI=1S/C11H16F2NO15P3/c12-10(13)11(4-26-31(22,23)29-32(24,25)28-30(19,20)21)8(18)7(17)9(27-11)14-2-1-5(15)3-6(14)16/h1-2,7-10,17-18H,3-4H2,(H,22,23)(H,24,25)(H2,19,20,21)/t7-,8+,9-,11-/m1/s1. The molecule has 1 saturated heterocycles. The Morgan fingerprint density at radius 3 is 2.22 bits per heavy atom. The van der Waals surface area contributed by atoms with Crippen LogP contribution in [-0.4, -0.2) is 83.4 Å². The van der Waals surface area contributed by atoms with E-state index in [1.807, 2.05) is 0 Å². The summed E-state index contributed by atoms with van der Waals surface area (Å²) < 4.78 is 77.0. The van der Waals surface area contributed by atoms with Gasteiger partial charge in [0.05, 0.1) is 13.0 Å². The summed E-state index contributed by atoms with van der Waals surface area (Å²) in [6.07, 6.45) is -9.64. The molecule has 0 saturated carbocycles. The molecule has 0 radical (unpaired) electrons. The average Bonchev–Trinajstić information content (AvgIpc) is 2.83. The lowest BCUT2D eigenvalue weighted by Crippen LogP contribution is -2.52. The van der Waals surface area contributed by atoms with Crippen molar-refractivity contribution in [1.29, 1.82) is 0 Å². The molecule has 2 aliphatic rings. The fourth-order valence-corrected chi connectivity index (χ4v) is 5.71. The van der Waals surface area contributed by atoms with Crippen molar-refractivity contribution >= 4 is 35.2 Å². The summed E-state index contributed by atoms with van der Waals surface area (Å²) in [6, 6.07) is 0. The lowest BCUT2D eigenvalue weighted by molar-refractivity contribution is -0.200. The Hall–Kier alpha value is -0.970. The van der Waals surface area contributed by atoms with E-state index < -0.39 is 78.6 Å². The number of carbonyl (C=O) groups is 2.